The summed E-state index contributed by atoms with van der Waals surface area (Å²) in [6.07, 6.45) is 19.1. The molecule has 82 heavy (non-hydrogen) atoms. The van der Waals surface area contributed by atoms with Crippen LogP contribution in [0.4, 0.5) is 34.3 Å². The zero-order chi connectivity index (χ0) is 59.8. The van der Waals surface area contributed by atoms with Crippen molar-refractivity contribution in [1.29, 1.82) is 5.26 Å². The number of carbonyl (C=O) groups excluding carboxylic acids is 1. The number of nitriles is 1. The first kappa shape index (κ1) is 65.3. The van der Waals surface area contributed by atoms with Crippen LogP contribution in [0.25, 0.3) is 5.69 Å². The molecule has 1 fully saturated rings. The third kappa shape index (κ3) is 18.1. The van der Waals surface area contributed by atoms with Gasteiger partial charge >= 0.3 is 0 Å². The normalized spacial score (nSPS) is 13.4. The van der Waals surface area contributed by atoms with E-state index in [1.165, 1.54) is 113 Å². The summed E-state index contributed by atoms with van der Waals surface area (Å²) in [5.74, 6) is -0.791. The highest BCUT2D eigenvalue weighted by molar-refractivity contribution is 7.93. The molecule has 446 valence electrons. The second-order valence-corrected chi connectivity index (χ2v) is 27.0. The molecular weight excluding hydrogens is 1150 g/mol. The fourth-order valence-electron chi connectivity index (χ4n) is 10.1. The van der Waals surface area contributed by atoms with Crippen LogP contribution in [0.2, 0.25) is 15.1 Å². The second kappa shape index (κ2) is 29.6. The number of rotatable bonds is 30. The number of phenols is 2. The molecule has 0 aliphatic carbocycles. The van der Waals surface area contributed by atoms with Gasteiger partial charge < -0.3 is 29.9 Å². The lowest BCUT2D eigenvalue weighted by Gasteiger charge is -2.34. The van der Waals surface area contributed by atoms with Crippen LogP contribution >= 0.6 is 34.8 Å². The van der Waals surface area contributed by atoms with Crippen LogP contribution in [0.1, 0.15) is 162 Å². The van der Waals surface area contributed by atoms with Gasteiger partial charge in [0.1, 0.15) is 32.9 Å². The maximum Gasteiger partial charge on any atom is 0.264 e. The van der Waals surface area contributed by atoms with Gasteiger partial charge in [0.05, 0.1) is 75.2 Å². The van der Waals surface area contributed by atoms with Gasteiger partial charge in [-0.25, -0.2) is 21.5 Å². The number of benzene rings is 4. The van der Waals surface area contributed by atoms with Crippen molar-refractivity contribution < 1.29 is 41.3 Å². The summed E-state index contributed by atoms with van der Waals surface area (Å²) in [5.41, 5.74) is 0.172. The summed E-state index contributed by atoms with van der Waals surface area (Å²) >= 11 is 19.7. The summed E-state index contributed by atoms with van der Waals surface area (Å²) in [6.45, 7) is 16.2. The van der Waals surface area contributed by atoms with Crippen LogP contribution in [-0.2, 0) is 35.0 Å². The fraction of sp³-hybridized carbons (Fsp3) is 0.508. The van der Waals surface area contributed by atoms with E-state index in [-0.39, 0.29) is 88.8 Å². The predicted molar refractivity (Wildman–Crippen MR) is 327 cm³/mol. The average molecular weight is 1230 g/mol. The van der Waals surface area contributed by atoms with Crippen molar-refractivity contribution in [3.8, 4) is 29.0 Å². The van der Waals surface area contributed by atoms with E-state index in [1.54, 1.807) is 13.0 Å². The number of amides is 1. The molecule has 1 aliphatic heterocycles. The van der Waals surface area contributed by atoms with E-state index in [1.807, 2.05) is 11.0 Å². The van der Waals surface area contributed by atoms with Crippen LogP contribution in [0, 0.1) is 16.7 Å². The molecule has 0 atom stereocenters. The van der Waals surface area contributed by atoms with E-state index in [0.29, 0.717) is 38.7 Å². The van der Waals surface area contributed by atoms with Gasteiger partial charge in [-0.1, -0.05) is 167 Å². The molecule has 4 aromatic carbocycles. The van der Waals surface area contributed by atoms with Crippen molar-refractivity contribution >= 4 is 95.0 Å². The number of aromatic hydroxyl groups is 2. The van der Waals surface area contributed by atoms with Crippen molar-refractivity contribution in [2.24, 2.45) is 15.6 Å². The number of phenolic OH excluding ortho intramolecular Hbond substituents is 2. The molecule has 6 rings (SSSR count). The number of nitrogens with one attached hydrogen (secondary N) is 3. The highest BCUT2D eigenvalue weighted by atomic mass is 35.5. The van der Waals surface area contributed by atoms with Crippen molar-refractivity contribution in [2.45, 2.75) is 166 Å². The van der Waals surface area contributed by atoms with E-state index in [0.717, 1.165) is 48.4 Å². The molecule has 5 aromatic rings. The summed E-state index contributed by atoms with van der Waals surface area (Å²) < 4.78 is 76.5. The molecule has 23 heteroatoms. The number of ether oxygens (including phenoxy) is 2. The molecule has 1 aliphatic rings. The van der Waals surface area contributed by atoms with Crippen LogP contribution < -0.4 is 24.4 Å². The van der Waals surface area contributed by atoms with Gasteiger partial charge in [0.25, 0.3) is 20.0 Å². The zero-order valence-corrected chi connectivity index (χ0v) is 51.9. The maximum atomic E-state index is 14.8. The van der Waals surface area contributed by atoms with E-state index in [9.17, 15) is 37.1 Å². The van der Waals surface area contributed by atoms with Crippen LogP contribution in [0.3, 0.4) is 0 Å². The van der Waals surface area contributed by atoms with E-state index >= 15 is 0 Å². The molecule has 2 heterocycles. The quantitative estimate of drug-likeness (QED) is 0.0164. The van der Waals surface area contributed by atoms with Crippen molar-refractivity contribution in [2.75, 3.05) is 52.6 Å². The monoisotopic (exact) mass is 1230 g/mol. The molecule has 1 aromatic heterocycles. The first-order chi connectivity index (χ1) is 38.9. The highest BCUT2D eigenvalue weighted by Gasteiger charge is 2.33. The van der Waals surface area contributed by atoms with Gasteiger partial charge in [0, 0.05) is 31.1 Å². The van der Waals surface area contributed by atoms with Gasteiger partial charge in [0.2, 0.25) is 5.91 Å². The number of carbonyl (C=O) groups is 1. The third-order valence-electron chi connectivity index (χ3n) is 13.9. The summed E-state index contributed by atoms with van der Waals surface area (Å²) in [5, 5.41) is 46.5. The Kier molecular flexibility index (Phi) is 23.6. The Bertz CT molecular complexity index is 3320. The van der Waals surface area contributed by atoms with Crippen molar-refractivity contribution in [3.05, 3.63) is 87.0 Å². The number of anilines is 4. The lowest BCUT2D eigenvalue weighted by atomic mass is 9.72. The average Bonchev–Trinajstić information content (AvgIpc) is 3.56. The first-order valence-electron chi connectivity index (χ1n) is 28.1. The fourth-order valence-corrected chi connectivity index (χ4v) is 13.6. The lowest BCUT2D eigenvalue weighted by Crippen LogP contribution is -2.37. The lowest BCUT2D eigenvalue weighted by molar-refractivity contribution is -0.115. The minimum Gasteiger partial charge on any atom is -0.506 e. The summed E-state index contributed by atoms with van der Waals surface area (Å²) in [6, 6.07) is 14.0. The number of azo groups is 1. The molecule has 1 saturated heterocycles. The zero-order valence-electron chi connectivity index (χ0n) is 48.0. The standard InChI is InChI=1S/C59H78Cl3N9O9S2/c1-8-10-11-12-13-14-15-16-17-18-19-20-21-22-27-80-52-36-47(51(72)33-43(52)59(6,7)39-58(3,4)5)69-82(77,78)54-32-41(23-24-49(54)70-25-28-79-29-26-70)68-81(75,76)53-35-44(60)50(34-45(53)61)71-57(40(37-63)38-64-71)67-66-42-30-46(62)56(74)48(31-42)65-55(73)9-2/h23-24,30-36,38,68-69,72,74H,8-22,25-29,39H2,1-7H3,(H,65,73). The highest BCUT2D eigenvalue weighted by Crippen LogP contribution is 2.46. The number of hydrogen-bond acceptors (Lipinski definition) is 14. The Morgan fingerprint density at radius 3 is 1.98 bits per heavy atom. The van der Waals surface area contributed by atoms with Crippen LogP contribution in [-0.4, -0.2) is 75.6 Å². The summed E-state index contributed by atoms with van der Waals surface area (Å²) in [7, 11) is -9.24. The van der Waals surface area contributed by atoms with Crippen LogP contribution in [0.15, 0.2) is 80.8 Å². The van der Waals surface area contributed by atoms with Gasteiger partial charge in [-0.2, -0.15) is 10.4 Å². The maximum absolute atomic E-state index is 14.8. The number of unbranched alkanes of at least 4 members (excludes halogenated alkanes) is 13. The number of morpholine rings is 1. The number of halogens is 3. The molecule has 0 spiro atoms. The second-order valence-electron chi connectivity index (χ2n) is 22.5. The topological polar surface area (TPSA) is 250 Å². The minimum absolute atomic E-state index is 0.00689. The van der Waals surface area contributed by atoms with Crippen LogP contribution in [0.5, 0.6) is 17.2 Å². The number of sulfonamides is 2. The summed E-state index contributed by atoms with van der Waals surface area (Å²) in [4.78, 5) is 13.1. The number of nitrogens with zero attached hydrogens (tertiary/aromatic N) is 6. The number of aromatic nitrogens is 2. The van der Waals surface area contributed by atoms with Gasteiger partial charge in [-0.3, -0.25) is 14.2 Å². The Labute approximate surface area is 499 Å². The Morgan fingerprint density at radius 2 is 1.37 bits per heavy atom. The first-order valence-corrected chi connectivity index (χ1v) is 32.2. The number of hydrogen-bond donors (Lipinski definition) is 5. The molecule has 0 saturated carbocycles. The van der Waals surface area contributed by atoms with E-state index in [4.69, 9.17) is 44.3 Å². The largest absolute Gasteiger partial charge is 0.506 e. The smallest absolute Gasteiger partial charge is 0.264 e. The Morgan fingerprint density at radius 1 is 0.744 bits per heavy atom. The Hall–Kier alpha value is -5.82. The SMILES string of the molecule is CCCCCCCCCCCCCCCCOc1cc(NS(=O)(=O)c2cc(NS(=O)(=O)c3cc(Cl)c(-n4ncc(C#N)c4N=Nc4cc(Cl)c(O)c(NC(=O)CC)c4)cc3Cl)ccc2N2CCOCC2)c(O)cc1C(C)(C)CC(C)(C)C. The van der Waals surface area contributed by atoms with E-state index in [2.05, 4.69) is 71.6 Å². The molecule has 0 unspecified atom stereocenters. The van der Waals surface area contributed by atoms with E-state index < -0.39 is 36.3 Å². The molecule has 0 bridgehead atoms. The molecule has 18 nitrogen and oxygen atoms in total. The Balaban J connectivity index is 1.24. The third-order valence-corrected chi connectivity index (χ3v) is 17.8. The van der Waals surface area contributed by atoms with Gasteiger partial charge in [0.15, 0.2) is 11.6 Å². The molecule has 1 amide bonds. The molecular formula is C59H78Cl3N9O9S2. The van der Waals surface area contributed by atoms with Crippen molar-refractivity contribution in [1.82, 2.24) is 9.78 Å². The predicted octanol–water partition coefficient (Wildman–Crippen LogP) is 15.9. The minimum atomic E-state index is -4.63. The molecule has 0 radical (unpaired) electrons. The molecule has 5 N–H and O–H groups in total. The van der Waals surface area contributed by atoms with Crippen molar-refractivity contribution in [3.63, 3.8) is 0 Å². The van der Waals surface area contributed by atoms with Gasteiger partial charge in [-0.05, 0) is 72.2 Å². The van der Waals surface area contributed by atoms with Gasteiger partial charge in [-0.15, -0.1) is 10.2 Å².